The van der Waals surface area contributed by atoms with Gasteiger partial charge < -0.3 is 9.47 Å². The fourth-order valence-electron chi connectivity index (χ4n) is 9.99. The van der Waals surface area contributed by atoms with Crippen LogP contribution in [0.2, 0.25) is 0 Å². The summed E-state index contributed by atoms with van der Waals surface area (Å²) in [6.07, 6.45) is 0. The van der Waals surface area contributed by atoms with Gasteiger partial charge in [0.1, 0.15) is 0 Å². The van der Waals surface area contributed by atoms with Gasteiger partial charge in [0.05, 0.1) is 11.0 Å². The van der Waals surface area contributed by atoms with Crippen molar-refractivity contribution in [2.75, 3.05) is 4.90 Å². The fourth-order valence-corrected chi connectivity index (χ4v) is 11.1. The van der Waals surface area contributed by atoms with Gasteiger partial charge in [-0.25, -0.2) is 0 Å². The highest BCUT2D eigenvalue weighted by atomic mass is 32.1. The molecule has 61 heavy (non-hydrogen) atoms. The number of rotatable bonds is 6. The molecule has 0 unspecified atom stereocenters. The molecule has 3 heteroatoms. The van der Waals surface area contributed by atoms with Gasteiger partial charge in [-0.05, 0) is 122 Å². The van der Waals surface area contributed by atoms with Crippen LogP contribution in [0.1, 0.15) is 0 Å². The zero-order valence-electron chi connectivity index (χ0n) is 33.1. The van der Waals surface area contributed by atoms with E-state index in [4.69, 9.17) is 0 Å². The van der Waals surface area contributed by atoms with Crippen LogP contribution in [0.4, 0.5) is 17.1 Å². The molecule has 10 aromatic carbocycles. The molecule has 13 rings (SSSR count). The second-order valence-electron chi connectivity index (χ2n) is 16.1. The Kier molecular flexibility index (Phi) is 7.51. The van der Waals surface area contributed by atoms with Crippen LogP contribution < -0.4 is 4.90 Å². The lowest BCUT2D eigenvalue weighted by atomic mass is 9.93. The third kappa shape index (κ3) is 5.28. The van der Waals surface area contributed by atoms with Crippen molar-refractivity contribution in [2.45, 2.75) is 0 Å². The molecule has 1 aliphatic carbocycles. The molecule has 2 nitrogen and oxygen atoms in total. The van der Waals surface area contributed by atoms with Crippen molar-refractivity contribution in [3.8, 4) is 50.2 Å². The van der Waals surface area contributed by atoms with E-state index in [-0.39, 0.29) is 0 Å². The first kappa shape index (κ1) is 34.2. The van der Waals surface area contributed by atoms with Gasteiger partial charge in [-0.1, -0.05) is 152 Å². The Labute approximate surface area is 357 Å². The summed E-state index contributed by atoms with van der Waals surface area (Å²) in [6, 6.07) is 80.5. The lowest BCUT2D eigenvalue weighted by molar-refractivity contribution is 1.18. The average Bonchev–Trinajstić information content (AvgIpc) is 3.98. The highest BCUT2D eigenvalue weighted by Crippen LogP contribution is 2.50. The van der Waals surface area contributed by atoms with E-state index in [1.54, 1.807) is 0 Å². The number of fused-ring (bicyclic) bond motifs is 9. The van der Waals surface area contributed by atoms with Crippen molar-refractivity contribution in [3.05, 3.63) is 218 Å². The van der Waals surface area contributed by atoms with E-state index in [1.807, 2.05) is 11.3 Å². The molecule has 0 bridgehead atoms. The summed E-state index contributed by atoms with van der Waals surface area (Å²) in [7, 11) is 0. The van der Waals surface area contributed by atoms with Crippen LogP contribution in [-0.2, 0) is 0 Å². The molecular formula is C58H36N2S. The summed E-state index contributed by atoms with van der Waals surface area (Å²) in [6.45, 7) is 0. The summed E-state index contributed by atoms with van der Waals surface area (Å²) in [5.41, 5.74) is 16.9. The molecule has 2 aromatic heterocycles. The van der Waals surface area contributed by atoms with Crippen molar-refractivity contribution in [1.82, 2.24) is 4.57 Å². The Bertz CT molecular complexity index is 3650. The van der Waals surface area contributed by atoms with Crippen molar-refractivity contribution < 1.29 is 0 Å². The first-order chi connectivity index (χ1) is 30.2. The van der Waals surface area contributed by atoms with Gasteiger partial charge in [0.25, 0.3) is 0 Å². The molecule has 0 aliphatic heterocycles. The maximum Gasteiger partial charge on any atom is 0.0541 e. The standard InChI is InChI=1S/C58H36N2S/c1-2-12-37(13-3-1)52-34-42(60-54-21-7-4-16-46(54)47-17-5-8-22-55(47)60)28-31-44(52)38-24-26-40(27-25-38)59(43-30-33-49-48-18-6-9-23-56(48)61-57(49)36-43)41-29-32-45-50-19-10-14-39-15-11-20-51(58(39)50)53(45)35-41/h1-36H. The van der Waals surface area contributed by atoms with E-state index in [0.29, 0.717) is 0 Å². The predicted octanol–water partition coefficient (Wildman–Crippen LogP) is 16.8. The number of thiophene rings is 1. The zero-order valence-corrected chi connectivity index (χ0v) is 33.9. The van der Waals surface area contributed by atoms with Gasteiger partial charge in [0.15, 0.2) is 0 Å². The third-order valence-corrected chi connectivity index (χ3v) is 13.9. The highest BCUT2D eigenvalue weighted by Gasteiger charge is 2.24. The lowest BCUT2D eigenvalue weighted by Crippen LogP contribution is -2.10. The number of anilines is 3. The van der Waals surface area contributed by atoms with Crippen molar-refractivity contribution >= 4 is 81.1 Å². The van der Waals surface area contributed by atoms with Crippen molar-refractivity contribution in [2.24, 2.45) is 0 Å². The molecule has 1 aliphatic rings. The van der Waals surface area contributed by atoms with Gasteiger partial charge >= 0.3 is 0 Å². The van der Waals surface area contributed by atoms with Gasteiger partial charge in [0, 0.05) is 53.7 Å². The summed E-state index contributed by atoms with van der Waals surface area (Å²) < 4.78 is 5.01. The molecule has 0 amide bonds. The van der Waals surface area contributed by atoms with Crippen LogP contribution in [0.15, 0.2) is 218 Å². The van der Waals surface area contributed by atoms with E-state index in [0.717, 1.165) is 22.7 Å². The highest BCUT2D eigenvalue weighted by molar-refractivity contribution is 7.25. The van der Waals surface area contributed by atoms with Gasteiger partial charge in [0.2, 0.25) is 0 Å². The molecule has 0 radical (unpaired) electrons. The number of benzene rings is 10. The van der Waals surface area contributed by atoms with Crippen LogP contribution in [0.5, 0.6) is 0 Å². The van der Waals surface area contributed by atoms with Gasteiger partial charge in [-0.3, -0.25) is 0 Å². The molecule has 0 saturated carbocycles. The normalized spacial score (nSPS) is 11.9. The Hall–Kier alpha value is -7.72. The second kappa shape index (κ2) is 13.4. The minimum Gasteiger partial charge on any atom is -0.310 e. The smallest absolute Gasteiger partial charge is 0.0541 e. The fraction of sp³-hybridized carbons (Fsp3) is 0. The maximum atomic E-state index is 2.43. The number of aromatic nitrogens is 1. The van der Waals surface area contributed by atoms with E-state index in [1.165, 1.54) is 97.3 Å². The topological polar surface area (TPSA) is 8.17 Å². The van der Waals surface area contributed by atoms with E-state index >= 15 is 0 Å². The molecule has 2 heterocycles. The maximum absolute atomic E-state index is 2.43. The van der Waals surface area contributed by atoms with Crippen LogP contribution >= 0.6 is 11.3 Å². The average molecular weight is 793 g/mol. The Morgan fingerprint density at radius 3 is 1.69 bits per heavy atom. The summed E-state index contributed by atoms with van der Waals surface area (Å²) >= 11 is 1.86. The van der Waals surface area contributed by atoms with Crippen molar-refractivity contribution in [3.63, 3.8) is 0 Å². The van der Waals surface area contributed by atoms with Crippen LogP contribution in [0, 0.1) is 0 Å². The molecule has 0 fully saturated rings. The third-order valence-electron chi connectivity index (χ3n) is 12.7. The molecule has 0 N–H and O–H groups in total. The summed E-state index contributed by atoms with van der Waals surface area (Å²) in [5, 5.41) is 7.77. The largest absolute Gasteiger partial charge is 0.310 e. The Morgan fingerprint density at radius 1 is 0.328 bits per heavy atom. The predicted molar refractivity (Wildman–Crippen MR) is 261 cm³/mol. The molecule has 0 spiro atoms. The van der Waals surface area contributed by atoms with Crippen LogP contribution in [0.25, 0.3) is 103 Å². The Morgan fingerprint density at radius 2 is 0.918 bits per heavy atom. The number of nitrogens with zero attached hydrogens (tertiary/aromatic N) is 2. The monoisotopic (exact) mass is 792 g/mol. The summed E-state index contributed by atoms with van der Waals surface area (Å²) in [4.78, 5) is 2.43. The quantitative estimate of drug-likeness (QED) is 0.163. The van der Waals surface area contributed by atoms with E-state index in [2.05, 4.69) is 228 Å². The lowest BCUT2D eigenvalue weighted by Gasteiger charge is -2.26. The number of hydrogen-bond donors (Lipinski definition) is 0. The van der Waals surface area contributed by atoms with Crippen LogP contribution in [-0.4, -0.2) is 4.57 Å². The molecule has 12 aromatic rings. The molecular weight excluding hydrogens is 757 g/mol. The molecule has 0 saturated heterocycles. The minimum absolute atomic E-state index is 1.11. The van der Waals surface area contributed by atoms with Gasteiger partial charge in [-0.15, -0.1) is 11.3 Å². The number of para-hydroxylation sites is 2. The van der Waals surface area contributed by atoms with E-state index < -0.39 is 0 Å². The van der Waals surface area contributed by atoms with Crippen molar-refractivity contribution in [1.29, 1.82) is 0 Å². The molecule has 0 atom stereocenters. The van der Waals surface area contributed by atoms with Crippen LogP contribution in [0.3, 0.4) is 0 Å². The second-order valence-corrected chi connectivity index (χ2v) is 17.1. The Balaban J connectivity index is 0.963. The van der Waals surface area contributed by atoms with E-state index in [9.17, 15) is 0 Å². The first-order valence-corrected chi connectivity index (χ1v) is 21.7. The SMILES string of the molecule is c1ccc(-c2cc(-n3c4ccccc4c4ccccc43)ccc2-c2ccc(N(c3ccc4c(c3)-c3cccc5cccc-4c35)c3ccc4c(c3)sc3ccccc34)cc2)cc1. The minimum atomic E-state index is 1.11. The summed E-state index contributed by atoms with van der Waals surface area (Å²) in [5.74, 6) is 0. The number of hydrogen-bond acceptors (Lipinski definition) is 2. The zero-order chi connectivity index (χ0) is 40.0. The molecule has 284 valence electrons. The van der Waals surface area contributed by atoms with Gasteiger partial charge in [-0.2, -0.15) is 0 Å². The first-order valence-electron chi connectivity index (χ1n) is 20.9.